The monoisotopic (exact) mass is 313 g/mol. The number of rotatable bonds is 8. The molecule has 0 aliphatic carbocycles. The van der Waals surface area contributed by atoms with Gasteiger partial charge in [-0.3, -0.25) is 0 Å². The molecule has 0 radical (unpaired) electrons. The van der Waals surface area contributed by atoms with Crippen LogP contribution >= 0.6 is 15.9 Å². The average Bonchev–Trinajstić information content (AvgIpc) is 2.33. The topological polar surface area (TPSA) is 21.3 Å². The molecule has 1 atom stereocenters. The Kier molecular flexibility index (Phi) is 7.56. The Morgan fingerprint density at radius 1 is 1.33 bits per heavy atom. The Morgan fingerprint density at radius 2 is 2.11 bits per heavy atom. The third kappa shape index (κ3) is 5.98. The maximum atomic E-state index is 6.01. The molecule has 3 heteroatoms. The van der Waals surface area contributed by atoms with Gasteiger partial charge >= 0.3 is 0 Å². The number of hydrogen-bond acceptors (Lipinski definition) is 2. The first-order chi connectivity index (χ1) is 8.63. The van der Waals surface area contributed by atoms with Gasteiger partial charge in [0.25, 0.3) is 0 Å². The number of nitrogens with one attached hydrogen (secondary N) is 1. The minimum Gasteiger partial charge on any atom is -0.372 e. The first-order valence-corrected chi connectivity index (χ1v) is 7.50. The Morgan fingerprint density at radius 3 is 2.72 bits per heavy atom. The van der Waals surface area contributed by atoms with Crippen LogP contribution in [0.2, 0.25) is 0 Å². The molecule has 0 bridgehead atoms. The van der Waals surface area contributed by atoms with Crippen molar-refractivity contribution in [2.75, 3.05) is 19.7 Å². The summed E-state index contributed by atoms with van der Waals surface area (Å²) in [7, 11) is 0. The lowest BCUT2D eigenvalue weighted by Crippen LogP contribution is -2.25. The van der Waals surface area contributed by atoms with Crippen LogP contribution in [0.5, 0.6) is 0 Å². The van der Waals surface area contributed by atoms with Crippen molar-refractivity contribution in [2.45, 2.75) is 33.3 Å². The number of benzene rings is 1. The van der Waals surface area contributed by atoms with E-state index < -0.39 is 0 Å². The number of ether oxygens (including phenoxy) is 1. The zero-order valence-corrected chi connectivity index (χ0v) is 13.2. The molecule has 1 aromatic rings. The molecule has 0 fully saturated rings. The lowest BCUT2D eigenvalue weighted by Gasteiger charge is -2.20. The fourth-order valence-electron chi connectivity index (χ4n) is 1.70. The van der Waals surface area contributed by atoms with Crippen LogP contribution in [0.25, 0.3) is 0 Å². The highest BCUT2D eigenvalue weighted by atomic mass is 79.9. The standard InChI is InChI=1S/C15H24BrNO/c1-4-8-17-10-15(18-11-12(2)3)13-6-5-7-14(16)9-13/h5-7,9,12,15,17H,4,8,10-11H2,1-3H3. The maximum Gasteiger partial charge on any atom is 0.0949 e. The summed E-state index contributed by atoms with van der Waals surface area (Å²) in [6.45, 7) is 9.24. The van der Waals surface area contributed by atoms with E-state index in [2.05, 4.69) is 60.2 Å². The summed E-state index contributed by atoms with van der Waals surface area (Å²) in [5, 5.41) is 3.44. The Balaban J connectivity index is 2.63. The van der Waals surface area contributed by atoms with Crippen molar-refractivity contribution in [2.24, 2.45) is 5.92 Å². The molecule has 0 saturated heterocycles. The summed E-state index contributed by atoms with van der Waals surface area (Å²) in [4.78, 5) is 0. The molecule has 1 rings (SSSR count). The van der Waals surface area contributed by atoms with Gasteiger partial charge in [0.15, 0.2) is 0 Å². The predicted octanol–water partition coefficient (Wildman–Crippen LogP) is 4.16. The lowest BCUT2D eigenvalue weighted by molar-refractivity contribution is 0.0352. The second-order valence-electron chi connectivity index (χ2n) is 4.97. The quantitative estimate of drug-likeness (QED) is 0.727. The summed E-state index contributed by atoms with van der Waals surface area (Å²) in [5.41, 5.74) is 1.23. The van der Waals surface area contributed by atoms with Crippen LogP contribution < -0.4 is 5.32 Å². The zero-order chi connectivity index (χ0) is 13.4. The van der Waals surface area contributed by atoms with Crippen LogP contribution in [0.15, 0.2) is 28.7 Å². The highest BCUT2D eigenvalue weighted by Gasteiger charge is 2.12. The second kappa shape index (κ2) is 8.68. The average molecular weight is 314 g/mol. The first-order valence-electron chi connectivity index (χ1n) is 6.71. The van der Waals surface area contributed by atoms with Crippen LogP contribution in [-0.2, 0) is 4.74 Å². The van der Waals surface area contributed by atoms with Gasteiger partial charge < -0.3 is 10.1 Å². The fourth-order valence-corrected chi connectivity index (χ4v) is 2.12. The van der Waals surface area contributed by atoms with Crippen LogP contribution in [0.4, 0.5) is 0 Å². The summed E-state index contributed by atoms with van der Waals surface area (Å²) in [6, 6.07) is 8.37. The van der Waals surface area contributed by atoms with Crippen LogP contribution in [-0.4, -0.2) is 19.7 Å². The van der Waals surface area contributed by atoms with E-state index in [-0.39, 0.29) is 6.10 Å². The van der Waals surface area contributed by atoms with E-state index in [1.54, 1.807) is 0 Å². The van der Waals surface area contributed by atoms with Gasteiger partial charge in [0.2, 0.25) is 0 Å². The highest BCUT2D eigenvalue weighted by Crippen LogP contribution is 2.21. The van der Waals surface area contributed by atoms with Gasteiger partial charge in [-0.25, -0.2) is 0 Å². The molecule has 2 nitrogen and oxygen atoms in total. The molecule has 102 valence electrons. The van der Waals surface area contributed by atoms with E-state index >= 15 is 0 Å². The van der Waals surface area contributed by atoms with Crippen molar-refractivity contribution >= 4 is 15.9 Å². The molecule has 0 aliphatic rings. The zero-order valence-electron chi connectivity index (χ0n) is 11.6. The normalized spacial score (nSPS) is 12.9. The second-order valence-corrected chi connectivity index (χ2v) is 5.89. The van der Waals surface area contributed by atoms with Crippen LogP contribution in [0, 0.1) is 5.92 Å². The molecule has 1 N–H and O–H groups in total. The molecular weight excluding hydrogens is 290 g/mol. The fraction of sp³-hybridized carbons (Fsp3) is 0.600. The van der Waals surface area contributed by atoms with Crippen LogP contribution in [0.1, 0.15) is 38.9 Å². The van der Waals surface area contributed by atoms with Crippen LogP contribution in [0.3, 0.4) is 0 Å². The van der Waals surface area contributed by atoms with Crippen molar-refractivity contribution < 1.29 is 4.74 Å². The number of halogens is 1. The summed E-state index contributed by atoms with van der Waals surface area (Å²) in [6.07, 6.45) is 1.28. The van der Waals surface area contributed by atoms with E-state index in [0.29, 0.717) is 5.92 Å². The molecule has 1 unspecified atom stereocenters. The highest BCUT2D eigenvalue weighted by molar-refractivity contribution is 9.10. The molecule has 18 heavy (non-hydrogen) atoms. The van der Waals surface area contributed by atoms with Gasteiger partial charge in [0, 0.05) is 17.6 Å². The minimum absolute atomic E-state index is 0.136. The molecule has 0 heterocycles. The van der Waals surface area contributed by atoms with Gasteiger partial charge in [-0.05, 0) is 36.6 Å². The lowest BCUT2D eigenvalue weighted by atomic mass is 10.1. The van der Waals surface area contributed by atoms with Gasteiger partial charge in [-0.2, -0.15) is 0 Å². The van der Waals surface area contributed by atoms with E-state index in [4.69, 9.17) is 4.74 Å². The van der Waals surface area contributed by atoms with Gasteiger partial charge in [-0.1, -0.05) is 48.8 Å². The Hall–Kier alpha value is -0.380. The summed E-state index contributed by atoms with van der Waals surface area (Å²) in [5.74, 6) is 0.561. The first kappa shape index (κ1) is 15.7. The van der Waals surface area contributed by atoms with E-state index in [1.165, 1.54) is 5.56 Å². The van der Waals surface area contributed by atoms with Crippen molar-refractivity contribution in [1.29, 1.82) is 0 Å². The summed E-state index contributed by atoms with van der Waals surface area (Å²) >= 11 is 3.52. The van der Waals surface area contributed by atoms with E-state index in [9.17, 15) is 0 Å². The molecule has 1 aromatic carbocycles. The number of hydrogen-bond donors (Lipinski definition) is 1. The van der Waals surface area contributed by atoms with Crippen molar-refractivity contribution in [1.82, 2.24) is 5.32 Å². The molecule has 0 spiro atoms. The summed E-state index contributed by atoms with van der Waals surface area (Å²) < 4.78 is 7.11. The maximum absolute atomic E-state index is 6.01. The van der Waals surface area contributed by atoms with Gasteiger partial charge in [0.1, 0.15) is 0 Å². The Bertz CT molecular complexity index is 341. The molecule has 0 amide bonds. The molecule has 0 aliphatic heterocycles. The Labute approximate surface area is 119 Å². The van der Waals surface area contributed by atoms with Crippen molar-refractivity contribution in [3.63, 3.8) is 0 Å². The SMILES string of the molecule is CCCNCC(OCC(C)C)c1cccc(Br)c1. The van der Waals surface area contributed by atoms with Crippen molar-refractivity contribution in [3.05, 3.63) is 34.3 Å². The van der Waals surface area contributed by atoms with Crippen molar-refractivity contribution in [3.8, 4) is 0 Å². The van der Waals surface area contributed by atoms with E-state index in [1.807, 2.05) is 6.07 Å². The minimum atomic E-state index is 0.136. The third-order valence-corrected chi connectivity index (χ3v) is 3.10. The third-order valence-electron chi connectivity index (χ3n) is 2.61. The van der Waals surface area contributed by atoms with Gasteiger partial charge in [-0.15, -0.1) is 0 Å². The molecular formula is C15H24BrNO. The predicted molar refractivity (Wildman–Crippen MR) is 80.8 cm³/mol. The molecule has 0 saturated carbocycles. The molecule has 0 aromatic heterocycles. The smallest absolute Gasteiger partial charge is 0.0949 e. The van der Waals surface area contributed by atoms with Gasteiger partial charge in [0.05, 0.1) is 6.10 Å². The largest absolute Gasteiger partial charge is 0.372 e. The van der Waals surface area contributed by atoms with E-state index in [0.717, 1.165) is 30.6 Å².